The number of nitrogen functional groups attached to an aromatic ring is 1. The van der Waals surface area contributed by atoms with E-state index in [1.54, 1.807) is 11.9 Å². The largest absolute Gasteiger partial charge is 0.465 e. The lowest BCUT2D eigenvalue weighted by Crippen LogP contribution is -2.32. The number of carbonyl (C=O) groups excluding carboxylic acids is 2. The summed E-state index contributed by atoms with van der Waals surface area (Å²) in [6, 6.07) is 2.96. The molecule has 6 nitrogen and oxygen atoms in total. The van der Waals surface area contributed by atoms with E-state index in [0.29, 0.717) is 17.9 Å². The van der Waals surface area contributed by atoms with Gasteiger partial charge in [0.25, 0.3) is 0 Å². The lowest BCUT2D eigenvalue weighted by molar-refractivity contribution is -0.127. The van der Waals surface area contributed by atoms with Crippen LogP contribution in [-0.2, 0) is 9.53 Å². The molecule has 0 unspecified atom stereocenters. The minimum atomic E-state index is -0.571. The Bertz CT molecular complexity index is 520. The fraction of sp³-hybridized carbons (Fsp3) is 0.385. The monoisotopic (exact) mass is 299 g/mol. The van der Waals surface area contributed by atoms with Gasteiger partial charge >= 0.3 is 5.97 Å². The minimum absolute atomic E-state index is 0.0258. The van der Waals surface area contributed by atoms with Crippen molar-refractivity contribution in [2.24, 2.45) is 0 Å². The predicted octanol–water partition coefficient (Wildman–Crippen LogP) is 1.60. The smallest absolute Gasteiger partial charge is 0.340 e. The molecule has 0 saturated heterocycles. The highest BCUT2D eigenvalue weighted by atomic mass is 35.5. The molecule has 1 aromatic carbocycles. The number of methoxy groups -OCH3 is 1. The Morgan fingerprint density at radius 2 is 2.10 bits per heavy atom. The van der Waals surface area contributed by atoms with Gasteiger partial charge in [0.05, 0.1) is 29.9 Å². The fourth-order valence-corrected chi connectivity index (χ4v) is 1.85. The summed E-state index contributed by atoms with van der Waals surface area (Å²) < 4.78 is 4.67. The standard InChI is InChI=1S/C13H18ClN3O3/c1-4-17(2)11(18)7-16-12-9(13(19)20-3)5-8(15)6-10(12)14/h5-6,16H,4,7,15H2,1-3H3. The van der Waals surface area contributed by atoms with Gasteiger partial charge in [-0.2, -0.15) is 0 Å². The molecule has 3 N–H and O–H groups in total. The van der Waals surface area contributed by atoms with Gasteiger partial charge in [-0.05, 0) is 19.1 Å². The normalized spacial score (nSPS) is 10.0. The highest BCUT2D eigenvalue weighted by molar-refractivity contribution is 6.34. The highest BCUT2D eigenvalue weighted by Crippen LogP contribution is 2.29. The van der Waals surface area contributed by atoms with Crippen LogP contribution < -0.4 is 11.1 Å². The van der Waals surface area contributed by atoms with Crippen LogP contribution in [0, 0.1) is 0 Å². The Morgan fingerprint density at radius 3 is 2.65 bits per heavy atom. The van der Waals surface area contributed by atoms with Crippen LogP contribution in [0.25, 0.3) is 0 Å². The van der Waals surface area contributed by atoms with Crippen molar-refractivity contribution in [1.82, 2.24) is 4.90 Å². The SMILES string of the molecule is CCN(C)C(=O)CNc1c(Cl)cc(N)cc1C(=O)OC. The molecule has 1 aromatic rings. The number of nitrogens with one attached hydrogen (secondary N) is 1. The topological polar surface area (TPSA) is 84.7 Å². The van der Waals surface area contributed by atoms with E-state index < -0.39 is 5.97 Å². The van der Waals surface area contributed by atoms with Crippen molar-refractivity contribution in [3.05, 3.63) is 22.7 Å². The summed E-state index contributed by atoms with van der Waals surface area (Å²) in [5.41, 5.74) is 6.53. The van der Waals surface area contributed by atoms with E-state index in [1.807, 2.05) is 6.92 Å². The number of ether oxygens (including phenoxy) is 1. The molecule has 0 aliphatic rings. The van der Waals surface area contributed by atoms with Crippen molar-refractivity contribution in [3.8, 4) is 0 Å². The molecule has 1 rings (SSSR count). The minimum Gasteiger partial charge on any atom is -0.465 e. The van der Waals surface area contributed by atoms with Crippen LogP contribution in [-0.4, -0.2) is 44.0 Å². The average molecular weight is 300 g/mol. The zero-order valence-electron chi connectivity index (χ0n) is 11.7. The van der Waals surface area contributed by atoms with Gasteiger partial charge in [0.1, 0.15) is 0 Å². The first-order valence-corrected chi connectivity index (χ1v) is 6.43. The summed E-state index contributed by atoms with van der Waals surface area (Å²) >= 11 is 6.06. The van der Waals surface area contributed by atoms with Gasteiger partial charge in [0, 0.05) is 19.3 Å². The number of esters is 1. The number of hydrogen-bond donors (Lipinski definition) is 2. The molecule has 0 aliphatic carbocycles. The molecule has 0 bridgehead atoms. The molecule has 0 aromatic heterocycles. The van der Waals surface area contributed by atoms with Gasteiger partial charge in [-0.1, -0.05) is 11.6 Å². The number of anilines is 2. The van der Waals surface area contributed by atoms with E-state index in [-0.39, 0.29) is 23.0 Å². The second-order valence-electron chi connectivity index (χ2n) is 4.18. The van der Waals surface area contributed by atoms with Gasteiger partial charge < -0.3 is 20.7 Å². The first-order chi connectivity index (χ1) is 9.40. The molecule has 0 saturated carbocycles. The van der Waals surface area contributed by atoms with Gasteiger partial charge in [-0.15, -0.1) is 0 Å². The molecule has 0 aliphatic heterocycles. The molecule has 7 heteroatoms. The number of hydrogen-bond acceptors (Lipinski definition) is 5. The number of likely N-dealkylation sites (N-methyl/N-ethyl adjacent to an activating group) is 1. The predicted molar refractivity (Wildman–Crippen MR) is 79.0 cm³/mol. The molecule has 110 valence electrons. The van der Waals surface area contributed by atoms with Crippen LogP contribution in [0.15, 0.2) is 12.1 Å². The second kappa shape index (κ2) is 7.00. The molecular formula is C13H18ClN3O3. The van der Waals surface area contributed by atoms with Gasteiger partial charge in [0.2, 0.25) is 5.91 Å². The number of halogens is 1. The van der Waals surface area contributed by atoms with E-state index in [1.165, 1.54) is 19.2 Å². The van der Waals surface area contributed by atoms with Gasteiger partial charge in [0.15, 0.2) is 0 Å². The Hall–Kier alpha value is -1.95. The summed E-state index contributed by atoms with van der Waals surface area (Å²) in [6.45, 7) is 2.49. The van der Waals surface area contributed by atoms with Crippen LogP contribution in [0.1, 0.15) is 17.3 Å². The third kappa shape index (κ3) is 3.77. The van der Waals surface area contributed by atoms with E-state index in [4.69, 9.17) is 17.3 Å². The molecule has 0 spiro atoms. The summed E-state index contributed by atoms with van der Waals surface area (Å²) in [5, 5.41) is 3.12. The van der Waals surface area contributed by atoms with Crippen LogP contribution in [0.2, 0.25) is 5.02 Å². The number of carbonyl (C=O) groups is 2. The number of amides is 1. The maximum absolute atomic E-state index is 11.8. The van der Waals surface area contributed by atoms with Crippen LogP contribution >= 0.6 is 11.6 Å². The molecule has 0 atom stereocenters. The molecule has 20 heavy (non-hydrogen) atoms. The Kier molecular flexibility index (Phi) is 5.64. The number of nitrogens with zero attached hydrogens (tertiary/aromatic N) is 1. The summed E-state index contributed by atoms with van der Waals surface area (Å²) in [6.07, 6.45) is 0. The maximum Gasteiger partial charge on any atom is 0.340 e. The lowest BCUT2D eigenvalue weighted by Gasteiger charge is -2.17. The Labute approximate surface area is 122 Å². The average Bonchev–Trinajstić information content (AvgIpc) is 2.43. The second-order valence-corrected chi connectivity index (χ2v) is 4.59. The van der Waals surface area contributed by atoms with Crippen molar-refractivity contribution >= 4 is 34.9 Å². The van der Waals surface area contributed by atoms with E-state index in [2.05, 4.69) is 10.1 Å². The fourth-order valence-electron chi connectivity index (χ4n) is 1.55. The van der Waals surface area contributed by atoms with E-state index in [0.717, 1.165) is 0 Å². The summed E-state index contributed by atoms with van der Waals surface area (Å²) in [5.74, 6) is -0.686. The maximum atomic E-state index is 11.8. The quantitative estimate of drug-likeness (QED) is 0.637. The first kappa shape index (κ1) is 16.1. The Morgan fingerprint density at radius 1 is 1.45 bits per heavy atom. The number of nitrogens with two attached hydrogens (primary N) is 1. The molecular weight excluding hydrogens is 282 g/mol. The van der Waals surface area contributed by atoms with Crippen molar-refractivity contribution in [3.63, 3.8) is 0 Å². The highest BCUT2D eigenvalue weighted by Gasteiger charge is 2.17. The van der Waals surface area contributed by atoms with Crippen molar-refractivity contribution in [1.29, 1.82) is 0 Å². The van der Waals surface area contributed by atoms with Crippen LogP contribution in [0.5, 0.6) is 0 Å². The summed E-state index contributed by atoms with van der Waals surface area (Å²) in [4.78, 5) is 25.0. The molecule has 0 heterocycles. The zero-order chi connectivity index (χ0) is 15.3. The van der Waals surface area contributed by atoms with Crippen molar-refractivity contribution in [2.75, 3.05) is 38.3 Å². The van der Waals surface area contributed by atoms with Gasteiger partial charge in [-0.25, -0.2) is 4.79 Å². The van der Waals surface area contributed by atoms with E-state index >= 15 is 0 Å². The molecule has 1 amide bonds. The van der Waals surface area contributed by atoms with Crippen molar-refractivity contribution in [2.45, 2.75) is 6.92 Å². The zero-order valence-corrected chi connectivity index (χ0v) is 12.5. The third-order valence-corrected chi connectivity index (χ3v) is 3.13. The molecule has 0 fully saturated rings. The van der Waals surface area contributed by atoms with Crippen LogP contribution in [0.3, 0.4) is 0 Å². The van der Waals surface area contributed by atoms with Gasteiger partial charge in [-0.3, -0.25) is 4.79 Å². The Balaban J connectivity index is 2.99. The van der Waals surface area contributed by atoms with Crippen molar-refractivity contribution < 1.29 is 14.3 Å². The number of benzene rings is 1. The lowest BCUT2D eigenvalue weighted by atomic mass is 10.1. The van der Waals surface area contributed by atoms with Crippen LogP contribution in [0.4, 0.5) is 11.4 Å². The number of rotatable bonds is 5. The molecule has 0 radical (unpaired) electrons. The summed E-state index contributed by atoms with van der Waals surface area (Å²) in [7, 11) is 2.95. The first-order valence-electron chi connectivity index (χ1n) is 6.05. The third-order valence-electron chi connectivity index (χ3n) is 2.83. The van der Waals surface area contributed by atoms with E-state index in [9.17, 15) is 9.59 Å².